The van der Waals surface area contributed by atoms with Crippen LogP contribution >= 0.6 is 11.6 Å². The molecule has 7 heteroatoms. The van der Waals surface area contributed by atoms with Crippen molar-refractivity contribution in [2.24, 2.45) is 0 Å². The van der Waals surface area contributed by atoms with Crippen molar-refractivity contribution in [3.8, 4) is 0 Å². The van der Waals surface area contributed by atoms with Crippen molar-refractivity contribution < 1.29 is 13.2 Å². The van der Waals surface area contributed by atoms with E-state index >= 15 is 0 Å². The molecule has 0 saturated carbocycles. The maximum atomic E-state index is 12.6. The number of nitrogens with one attached hydrogen (secondary N) is 1. The topological polar surface area (TPSA) is 66.5 Å². The fourth-order valence-electron chi connectivity index (χ4n) is 4.28. The van der Waals surface area contributed by atoms with Crippen molar-refractivity contribution in [3.63, 3.8) is 0 Å². The molecule has 1 amide bonds. The number of hydrogen-bond donors (Lipinski definition) is 1. The van der Waals surface area contributed by atoms with Gasteiger partial charge in [0.25, 0.3) is 0 Å². The van der Waals surface area contributed by atoms with E-state index in [0.717, 1.165) is 23.9 Å². The highest BCUT2D eigenvalue weighted by molar-refractivity contribution is 7.92. The van der Waals surface area contributed by atoms with Gasteiger partial charge in [-0.25, -0.2) is 8.42 Å². The number of halogens is 1. The number of benzene rings is 3. The fraction of sp³-hybridized carbons (Fsp3) is 0.292. The standard InChI is InChI=1S/C24H25ClN2O3S/c1-16-20(25)8-4-9-22(16)27(31(2,29)30)15-5-10-23(28)26-21-14-13-18-12-11-17-6-3-7-19(21)24(17)18/h3-4,6-9,13-14H,5,10-12,15H2,1-2H3,(H,26,28). The number of nitrogens with zero attached hydrogens (tertiary/aromatic N) is 1. The van der Waals surface area contributed by atoms with Gasteiger partial charge in [-0.1, -0.05) is 41.9 Å². The predicted octanol–water partition coefficient (Wildman–Crippen LogP) is 5.09. The van der Waals surface area contributed by atoms with E-state index in [4.69, 9.17) is 11.6 Å². The Morgan fingerprint density at radius 3 is 2.52 bits per heavy atom. The van der Waals surface area contributed by atoms with Crippen LogP contribution in [0.2, 0.25) is 5.02 Å². The van der Waals surface area contributed by atoms with E-state index in [1.54, 1.807) is 25.1 Å². The molecule has 0 spiro atoms. The smallest absolute Gasteiger partial charge is 0.232 e. The zero-order chi connectivity index (χ0) is 22.2. The molecule has 162 valence electrons. The third-order valence-corrected chi connectivity index (χ3v) is 7.41. The molecule has 1 N–H and O–H groups in total. The van der Waals surface area contributed by atoms with Crippen LogP contribution in [0, 0.1) is 6.92 Å². The van der Waals surface area contributed by atoms with Gasteiger partial charge >= 0.3 is 0 Å². The van der Waals surface area contributed by atoms with Gasteiger partial charge in [0.15, 0.2) is 0 Å². The Hall–Kier alpha value is -2.57. The SMILES string of the molecule is Cc1c(Cl)cccc1N(CCCC(=O)Nc1ccc2c3c(cccc13)CC2)S(C)(=O)=O. The van der Waals surface area contributed by atoms with Crippen molar-refractivity contribution >= 4 is 49.7 Å². The fourth-order valence-corrected chi connectivity index (χ4v) is 5.47. The molecule has 3 aromatic carbocycles. The lowest BCUT2D eigenvalue weighted by atomic mass is 10.0. The summed E-state index contributed by atoms with van der Waals surface area (Å²) in [5, 5.41) is 5.84. The lowest BCUT2D eigenvalue weighted by Gasteiger charge is -2.24. The average molecular weight is 457 g/mol. The summed E-state index contributed by atoms with van der Waals surface area (Å²) in [7, 11) is -3.50. The van der Waals surface area contributed by atoms with Gasteiger partial charge in [0.1, 0.15) is 0 Å². The number of sulfonamides is 1. The average Bonchev–Trinajstić information content (AvgIpc) is 3.14. The largest absolute Gasteiger partial charge is 0.326 e. The van der Waals surface area contributed by atoms with E-state index < -0.39 is 10.0 Å². The van der Waals surface area contributed by atoms with Gasteiger partial charge in [-0.15, -0.1) is 0 Å². The highest BCUT2D eigenvalue weighted by Crippen LogP contribution is 2.35. The first-order valence-corrected chi connectivity index (χ1v) is 12.5. The number of rotatable bonds is 7. The lowest BCUT2D eigenvalue weighted by molar-refractivity contribution is -0.116. The first-order valence-electron chi connectivity index (χ1n) is 10.3. The molecule has 0 atom stereocenters. The molecule has 31 heavy (non-hydrogen) atoms. The van der Waals surface area contributed by atoms with Gasteiger partial charge in [0.2, 0.25) is 15.9 Å². The number of hydrogen-bond acceptors (Lipinski definition) is 3. The highest BCUT2D eigenvalue weighted by atomic mass is 35.5. The summed E-state index contributed by atoms with van der Waals surface area (Å²) in [5.74, 6) is -0.130. The van der Waals surface area contributed by atoms with Crippen molar-refractivity contribution in [1.29, 1.82) is 0 Å². The Morgan fingerprint density at radius 2 is 1.77 bits per heavy atom. The van der Waals surface area contributed by atoms with E-state index in [9.17, 15) is 13.2 Å². The zero-order valence-electron chi connectivity index (χ0n) is 17.6. The van der Waals surface area contributed by atoms with Crippen LogP contribution in [0.3, 0.4) is 0 Å². The van der Waals surface area contributed by atoms with E-state index in [0.29, 0.717) is 22.7 Å². The Kier molecular flexibility index (Phi) is 5.95. The van der Waals surface area contributed by atoms with Gasteiger partial charge < -0.3 is 5.32 Å². The third-order valence-electron chi connectivity index (χ3n) is 5.82. The summed E-state index contributed by atoms with van der Waals surface area (Å²) < 4.78 is 26.0. The number of carbonyl (C=O) groups excluding carboxylic acids is 1. The molecule has 1 aliphatic carbocycles. The van der Waals surface area contributed by atoms with E-state index in [2.05, 4.69) is 17.4 Å². The molecule has 4 rings (SSSR count). The van der Waals surface area contributed by atoms with E-state index in [1.807, 2.05) is 18.2 Å². The summed E-state index contributed by atoms with van der Waals surface area (Å²) in [5.41, 5.74) is 4.70. The van der Waals surface area contributed by atoms with E-state index in [1.165, 1.54) is 27.1 Å². The summed E-state index contributed by atoms with van der Waals surface area (Å²) in [6.07, 6.45) is 3.85. The van der Waals surface area contributed by atoms with Crippen molar-refractivity contribution in [1.82, 2.24) is 0 Å². The van der Waals surface area contributed by atoms with Gasteiger partial charge in [-0.2, -0.15) is 0 Å². The highest BCUT2D eigenvalue weighted by Gasteiger charge is 2.21. The number of aryl methyl sites for hydroxylation is 2. The Labute approximate surface area is 188 Å². The Balaban J connectivity index is 1.45. The Bertz CT molecular complexity index is 1260. The predicted molar refractivity (Wildman–Crippen MR) is 128 cm³/mol. The maximum Gasteiger partial charge on any atom is 0.232 e. The van der Waals surface area contributed by atoms with Crippen LogP contribution in [0.15, 0.2) is 48.5 Å². The first kappa shape index (κ1) is 21.7. The van der Waals surface area contributed by atoms with Crippen LogP contribution in [-0.4, -0.2) is 27.1 Å². The summed E-state index contributed by atoms with van der Waals surface area (Å²) >= 11 is 6.17. The molecule has 0 heterocycles. The van der Waals surface area contributed by atoms with Crippen LogP contribution in [0.25, 0.3) is 10.8 Å². The molecule has 0 unspecified atom stereocenters. The molecule has 0 saturated heterocycles. The monoisotopic (exact) mass is 456 g/mol. The van der Waals surface area contributed by atoms with Crippen LogP contribution < -0.4 is 9.62 Å². The third kappa shape index (κ3) is 4.41. The molecule has 0 aromatic heterocycles. The second-order valence-electron chi connectivity index (χ2n) is 7.98. The molecule has 5 nitrogen and oxygen atoms in total. The molecule has 1 aliphatic rings. The molecule has 0 bridgehead atoms. The van der Waals surface area contributed by atoms with Crippen LogP contribution in [0.5, 0.6) is 0 Å². The molecular formula is C24H25ClN2O3S. The van der Waals surface area contributed by atoms with Gasteiger partial charge in [0.05, 0.1) is 11.9 Å². The van der Waals surface area contributed by atoms with Crippen molar-refractivity contribution in [2.45, 2.75) is 32.6 Å². The molecule has 0 radical (unpaired) electrons. The molecular weight excluding hydrogens is 432 g/mol. The Morgan fingerprint density at radius 1 is 1.06 bits per heavy atom. The summed E-state index contributed by atoms with van der Waals surface area (Å²) in [4.78, 5) is 12.6. The summed E-state index contributed by atoms with van der Waals surface area (Å²) in [6, 6.07) is 15.4. The minimum absolute atomic E-state index is 0.130. The van der Waals surface area contributed by atoms with E-state index in [-0.39, 0.29) is 18.9 Å². The minimum Gasteiger partial charge on any atom is -0.326 e. The lowest BCUT2D eigenvalue weighted by Crippen LogP contribution is -2.32. The van der Waals surface area contributed by atoms with Crippen LogP contribution in [0.1, 0.15) is 29.5 Å². The first-order chi connectivity index (χ1) is 14.8. The van der Waals surface area contributed by atoms with Crippen LogP contribution in [-0.2, 0) is 27.7 Å². The number of anilines is 2. The molecule has 3 aromatic rings. The molecule has 0 aliphatic heterocycles. The normalized spacial score (nSPS) is 12.9. The number of carbonyl (C=O) groups is 1. The molecule has 0 fully saturated rings. The van der Waals surface area contributed by atoms with Crippen LogP contribution in [0.4, 0.5) is 11.4 Å². The number of amides is 1. The van der Waals surface area contributed by atoms with Crippen molar-refractivity contribution in [3.05, 3.63) is 70.2 Å². The van der Waals surface area contributed by atoms with Gasteiger partial charge in [-0.3, -0.25) is 9.10 Å². The summed E-state index contributed by atoms with van der Waals surface area (Å²) in [6.45, 7) is 2.00. The second kappa shape index (κ2) is 8.52. The maximum absolute atomic E-state index is 12.6. The second-order valence-corrected chi connectivity index (χ2v) is 10.3. The van der Waals surface area contributed by atoms with Crippen molar-refractivity contribution in [2.75, 3.05) is 22.4 Å². The minimum atomic E-state index is -3.50. The van der Waals surface area contributed by atoms with Gasteiger partial charge in [0, 0.05) is 29.1 Å². The quantitative estimate of drug-likeness (QED) is 0.538. The van der Waals surface area contributed by atoms with Gasteiger partial charge in [-0.05, 0) is 66.5 Å². The zero-order valence-corrected chi connectivity index (χ0v) is 19.2.